The topological polar surface area (TPSA) is 21.3 Å². The molecule has 0 heterocycles. The molecule has 0 bridgehead atoms. The van der Waals surface area contributed by atoms with Gasteiger partial charge in [-0.3, -0.25) is 0 Å². The van der Waals surface area contributed by atoms with Gasteiger partial charge in [-0.25, -0.2) is 4.39 Å². The van der Waals surface area contributed by atoms with E-state index in [1.807, 2.05) is 32.0 Å². The Morgan fingerprint density at radius 1 is 1.05 bits per heavy atom. The lowest BCUT2D eigenvalue weighted by atomic mass is 10.2. The Bertz CT molecular complexity index is 584. The fourth-order valence-corrected chi connectivity index (χ4v) is 2.20. The smallest absolute Gasteiger partial charge is 0.138 e. The molecule has 0 aromatic heterocycles. The van der Waals surface area contributed by atoms with Gasteiger partial charge in [0, 0.05) is 13.1 Å². The van der Waals surface area contributed by atoms with Crippen LogP contribution in [0.3, 0.4) is 0 Å². The SMILES string of the molecule is CC(C)Oc1ccc(CNCc2ccc(F)cc2)cc1Cl. The van der Waals surface area contributed by atoms with Crippen molar-refractivity contribution in [2.75, 3.05) is 0 Å². The summed E-state index contributed by atoms with van der Waals surface area (Å²) in [7, 11) is 0. The second-order valence-corrected chi connectivity index (χ2v) is 5.57. The Labute approximate surface area is 129 Å². The van der Waals surface area contributed by atoms with Gasteiger partial charge in [0.15, 0.2) is 0 Å². The molecule has 0 aliphatic heterocycles. The Morgan fingerprint density at radius 2 is 1.67 bits per heavy atom. The third-order valence-electron chi connectivity index (χ3n) is 2.93. The molecule has 0 fully saturated rings. The van der Waals surface area contributed by atoms with Gasteiger partial charge in [0.1, 0.15) is 11.6 Å². The van der Waals surface area contributed by atoms with Gasteiger partial charge in [0.25, 0.3) is 0 Å². The molecule has 0 radical (unpaired) electrons. The number of benzene rings is 2. The van der Waals surface area contributed by atoms with Gasteiger partial charge >= 0.3 is 0 Å². The molecule has 4 heteroatoms. The van der Waals surface area contributed by atoms with Crippen molar-refractivity contribution in [3.8, 4) is 5.75 Å². The van der Waals surface area contributed by atoms with Crippen LogP contribution in [0.15, 0.2) is 42.5 Å². The lowest BCUT2D eigenvalue weighted by molar-refractivity contribution is 0.242. The number of nitrogens with one attached hydrogen (secondary N) is 1. The summed E-state index contributed by atoms with van der Waals surface area (Å²) in [5.74, 6) is 0.486. The summed E-state index contributed by atoms with van der Waals surface area (Å²) < 4.78 is 18.4. The van der Waals surface area contributed by atoms with E-state index in [2.05, 4.69) is 5.32 Å². The lowest BCUT2D eigenvalue weighted by Crippen LogP contribution is -2.13. The molecule has 21 heavy (non-hydrogen) atoms. The zero-order chi connectivity index (χ0) is 15.2. The maximum Gasteiger partial charge on any atom is 0.138 e. The summed E-state index contributed by atoms with van der Waals surface area (Å²) in [5.41, 5.74) is 2.13. The number of ether oxygens (including phenoxy) is 1. The predicted octanol–water partition coefficient (Wildman–Crippen LogP) is 4.56. The van der Waals surface area contributed by atoms with Crippen molar-refractivity contribution in [2.45, 2.75) is 33.0 Å². The molecule has 0 aliphatic rings. The third kappa shape index (κ3) is 5.03. The molecule has 0 saturated heterocycles. The first-order chi connectivity index (χ1) is 10.0. The van der Waals surface area contributed by atoms with Gasteiger partial charge in [0.2, 0.25) is 0 Å². The van der Waals surface area contributed by atoms with E-state index in [0.29, 0.717) is 23.9 Å². The van der Waals surface area contributed by atoms with E-state index in [4.69, 9.17) is 16.3 Å². The minimum atomic E-state index is -0.216. The van der Waals surface area contributed by atoms with Crippen molar-refractivity contribution in [3.63, 3.8) is 0 Å². The summed E-state index contributed by atoms with van der Waals surface area (Å²) in [6.45, 7) is 5.31. The van der Waals surface area contributed by atoms with Gasteiger partial charge < -0.3 is 10.1 Å². The maximum atomic E-state index is 12.8. The largest absolute Gasteiger partial charge is 0.489 e. The highest BCUT2D eigenvalue weighted by atomic mass is 35.5. The summed E-state index contributed by atoms with van der Waals surface area (Å²) in [6, 6.07) is 12.2. The standard InChI is InChI=1S/C17H19ClFNO/c1-12(2)21-17-8-5-14(9-16(17)18)11-20-10-13-3-6-15(19)7-4-13/h3-9,12,20H,10-11H2,1-2H3. The van der Waals surface area contributed by atoms with Crippen LogP contribution in [0.25, 0.3) is 0 Å². The Morgan fingerprint density at radius 3 is 2.29 bits per heavy atom. The van der Waals surface area contributed by atoms with Crippen LogP contribution in [0.4, 0.5) is 4.39 Å². The Hall–Kier alpha value is -1.58. The van der Waals surface area contributed by atoms with Crippen molar-refractivity contribution in [2.24, 2.45) is 0 Å². The fraction of sp³-hybridized carbons (Fsp3) is 0.294. The highest BCUT2D eigenvalue weighted by Crippen LogP contribution is 2.26. The van der Waals surface area contributed by atoms with Crippen LogP contribution < -0.4 is 10.1 Å². The van der Waals surface area contributed by atoms with Crippen LogP contribution in [0.5, 0.6) is 5.75 Å². The zero-order valence-corrected chi connectivity index (χ0v) is 13.0. The summed E-state index contributed by atoms with van der Waals surface area (Å²) in [5, 5.41) is 3.92. The van der Waals surface area contributed by atoms with E-state index in [1.165, 1.54) is 12.1 Å². The molecule has 2 aromatic rings. The fourth-order valence-electron chi connectivity index (χ4n) is 1.96. The van der Waals surface area contributed by atoms with Crippen molar-refractivity contribution in [1.82, 2.24) is 5.32 Å². The van der Waals surface area contributed by atoms with E-state index in [-0.39, 0.29) is 11.9 Å². The van der Waals surface area contributed by atoms with Crippen LogP contribution in [-0.4, -0.2) is 6.10 Å². The average Bonchev–Trinajstić information content (AvgIpc) is 2.43. The number of halogens is 2. The zero-order valence-electron chi connectivity index (χ0n) is 12.2. The van der Waals surface area contributed by atoms with Gasteiger partial charge in [-0.2, -0.15) is 0 Å². The molecule has 0 atom stereocenters. The Kier molecular flexibility index (Phi) is 5.59. The van der Waals surface area contributed by atoms with Crippen molar-refractivity contribution < 1.29 is 9.13 Å². The molecule has 2 aromatic carbocycles. The molecule has 2 nitrogen and oxygen atoms in total. The van der Waals surface area contributed by atoms with Crippen LogP contribution in [0.1, 0.15) is 25.0 Å². The highest BCUT2D eigenvalue weighted by Gasteiger charge is 2.05. The van der Waals surface area contributed by atoms with E-state index < -0.39 is 0 Å². The number of hydrogen-bond acceptors (Lipinski definition) is 2. The second-order valence-electron chi connectivity index (χ2n) is 5.16. The van der Waals surface area contributed by atoms with Gasteiger partial charge in [-0.1, -0.05) is 29.8 Å². The summed E-state index contributed by atoms with van der Waals surface area (Å²) >= 11 is 6.19. The molecule has 0 unspecified atom stereocenters. The molecule has 0 spiro atoms. The molecule has 1 N–H and O–H groups in total. The van der Waals surface area contributed by atoms with E-state index >= 15 is 0 Å². The maximum absolute atomic E-state index is 12.8. The first-order valence-corrected chi connectivity index (χ1v) is 7.32. The summed E-state index contributed by atoms with van der Waals surface area (Å²) in [6.07, 6.45) is 0.102. The van der Waals surface area contributed by atoms with Gasteiger partial charge in [-0.05, 0) is 49.2 Å². The minimum absolute atomic E-state index is 0.102. The first kappa shape index (κ1) is 15.8. The van der Waals surface area contributed by atoms with Crippen LogP contribution in [0.2, 0.25) is 5.02 Å². The first-order valence-electron chi connectivity index (χ1n) is 6.95. The molecule has 2 rings (SSSR count). The normalized spacial score (nSPS) is 10.9. The molecule has 0 amide bonds. The lowest BCUT2D eigenvalue weighted by Gasteiger charge is -2.12. The van der Waals surface area contributed by atoms with Crippen LogP contribution in [-0.2, 0) is 13.1 Å². The van der Waals surface area contributed by atoms with Crippen LogP contribution in [0, 0.1) is 5.82 Å². The van der Waals surface area contributed by atoms with E-state index in [9.17, 15) is 4.39 Å². The van der Waals surface area contributed by atoms with Gasteiger partial charge in [-0.15, -0.1) is 0 Å². The summed E-state index contributed by atoms with van der Waals surface area (Å²) in [4.78, 5) is 0. The molecule has 0 aliphatic carbocycles. The minimum Gasteiger partial charge on any atom is -0.489 e. The van der Waals surface area contributed by atoms with Crippen molar-refractivity contribution in [1.29, 1.82) is 0 Å². The molecule has 0 saturated carbocycles. The number of hydrogen-bond donors (Lipinski definition) is 1. The molecular weight excluding hydrogens is 289 g/mol. The van der Waals surface area contributed by atoms with E-state index in [0.717, 1.165) is 11.1 Å². The average molecular weight is 308 g/mol. The molecular formula is C17H19ClFNO. The van der Waals surface area contributed by atoms with E-state index in [1.54, 1.807) is 12.1 Å². The second kappa shape index (κ2) is 7.43. The Balaban J connectivity index is 1.88. The molecule has 112 valence electrons. The predicted molar refractivity (Wildman–Crippen MR) is 84.2 cm³/mol. The van der Waals surface area contributed by atoms with Crippen molar-refractivity contribution >= 4 is 11.6 Å². The quantitative estimate of drug-likeness (QED) is 0.845. The number of rotatable bonds is 6. The van der Waals surface area contributed by atoms with Crippen LogP contribution >= 0.6 is 11.6 Å². The monoisotopic (exact) mass is 307 g/mol. The van der Waals surface area contributed by atoms with Gasteiger partial charge in [0.05, 0.1) is 11.1 Å². The third-order valence-corrected chi connectivity index (χ3v) is 3.23. The van der Waals surface area contributed by atoms with Crippen molar-refractivity contribution in [3.05, 3.63) is 64.4 Å². The highest BCUT2D eigenvalue weighted by molar-refractivity contribution is 6.32.